The molecule has 1 unspecified atom stereocenters. The average Bonchev–Trinajstić information content (AvgIpc) is 2.80. The molecule has 0 amide bonds. The van der Waals surface area contributed by atoms with Gasteiger partial charge in [0.15, 0.2) is 0 Å². The van der Waals surface area contributed by atoms with Crippen LogP contribution in [0.2, 0.25) is 0 Å². The van der Waals surface area contributed by atoms with Gasteiger partial charge < -0.3 is 26.0 Å². The van der Waals surface area contributed by atoms with Crippen molar-refractivity contribution in [3.05, 3.63) is 71.8 Å². The first kappa shape index (κ1) is 27.8. The van der Waals surface area contributed by atoms with Gasteiger partial charge in [-0.2, -0.15) is 0 Å². The van der Waals surface area contributed by atoms with Gasteiger partial charge in [-0.25, -0.2) is 0 Å². The smallest absolute Gasteiger partial charge is 0.323 e. The third kappa shape index (κ3) is 13.0. The largest absolute Gasteiger partial charge is 0.480 e. The van der Waals surface area contributed by atoms with Crippen LogP contribution >= 0.6 is 0 Å². The van der Waals surface area contributed by atoms with Crippen LogP contribution in [0, 0.1) is 5.92 Å². The Morgan fingerprint density at radius 2 is 1.30 bits per heavy atom. The zero-order valence-corrected chi connectivity index (χ0v) is 19.2. The summed E-state index contributed by atoms with van der Waals surface area (Å²) in [7, 11) is 0. The van der Waals surface area contributed by atoms with Gasteiger partial charge in [-0.05, 0) is 29.9 Å². The van der Waals surface area contributed by atoms with E-state index in [0.29, 0.717) is 12.3 Å². The number of ether oxygens (including phenoxy) is 2. The van der Waals surface area contributed by atoms with E-state index in [2.05, 4.69) is 0 Å². The number of benzene rings is 2. The van der Waals surface area contributed by atoms with Gasteiger partial charge >= 0.3 is 17.9 Å². The number of aliphatic carboxylic acids is 1. The molecule has 0 fully saturated rings. The summed E-state index contributed by atoms with van der Waals surface area (Å²) >= 11 is 0. The second-order valence-electron chi connectivity index (χ2n) is 7.96. The molecule has 5 N–H and O–H groups in total. The van der Waals surface area contributed by atoms with E-state index in [-0.39, 0.29) is 32.0 Å². The monoisotopic (exact) mass is 458 g/mol. The minimum Gasteiger partial charge on any atom is -0.480 e. The van der Waals surface area contributed by atoms with Crippen molar-refractivity contribution in [2.24, 2.45) is 17.4 Å². The highest BCUT2D eigenvalue weighted by molar-refractivity contribution is 5.77. The maximum atomic E-state index is 11.8. The van der Waals surface area contributed by atoms with E-state index < -0.39 is 24.0 Å². The predicted octanol–water partition coefficient (Wildman–Crippen LogP) is 3.03. The number of hydrogen-bond donors (Lipinski definition) is 3. The van der Waals surface area contributed by atoms with Crippen LogP contribution in [-0.2, 0) is 37.1 Å². The Bertz CT molecular complexity index is 842. The van der Waals surface area contributed by atoms with Gasteiger partial charge in [0.05, 0.1) is 0 Å². The van der Waals surface area contributed by atoms with Crippen molar-refractivity contribution in [1.82, 2.24) is 0 Å². The molecule has 2 atom stereocenters. The number of carboxylic acids is 1. The zero-order valence-electron chi connectivity index (χ0n) is 19.2. The number of hydrogen-bond acceptors (Lipinski definition) is 7. The summed E-state index contributed by atoms with van der Waals surface area (Å²) in [6, 6.07) is 17.2. The van der Waals surface area contributed by atoms with Gasteiger partial charge in [-0.15, -0.1) is 0 Å². The maximum Gasteiger partial charge on any atom is 0.323 e. The van der Waals surface area contributed by atoms with Crippen molar-refractivity contribution in [3.8, 4) is 0 Å². The third-order valence-corrected chi connectivity index (χ3v) is 4.47. The lowest BCUT2D eigenvalue weighted by Gasteiger charge is -2.11. The van der Waals surface area contributed by atoms with Crippen LogP contribution in [0.5, 0.6) is 0 Å². The van der Waals surface area contributed by atoms with Gasteiger partial charge in [0.2, 0.25) is 0 Å². The molecule has 8 nitrogen and oxygen atoms in total. The molecule has 0 saturated heterocycles. The lowest BCUT2D eigenvalue weighted by molar-refractivity contribution is -0.148. The van der Waals surface area contributed by atoms with Crippen molar-refractivity contribution in [2.45, 2.75) is 58.4 Å². The molecule has 0 heterocycles. The fourth-order valence-corrected chi connectivity index (χ4v) is 2.65. The Morgan fingerprint density at radius 3 is 1.73 bits per heavy atom. The molecule has 0 bridgehead atoms. The molecular formula is C25H34N2O6. The molecule has 33 heavy (non-hydrogen) atoms. The van der Waals surface area contributed by atoms with Gasteiger partial charge in [-0.3, -0.25) is 14.4 Å². The molecule has 2 aromatic carbocycles. The van der Waals surface area contributed by atoms with Crippen molar-refractivity contribution in [2.75, 3.05) is 0 Å². The first-order chi connectivity index (χ1) is 15.7. The van der Waals surface area contributed by atoms with Crippen molar-refractivity contribution >= 4 is 17.9 Å². The van der Waals surface area contributed by atoms with E-state index in [1.54, 1.807) is 0 Å². The standard InChI is InChI=1S/C19H21NO4.C6H13NO2/c20-17(19(22)24-14-16-9-5-2-6-10-16)11-12-18(21)23-13-15-7-3-1-4-8-15;1-4(2)3-5(7)6(8)9/h1-10,17H,11-14,20H2;4-5H,3,7H2,1-2H3,(H,8,9)/t17-;/m0./s1. The number of rotatable bonds is 11. The first-order valence-electron chi connectivity index (χ1n) is 10.8. The summed E-state index contributed by atoms with van der Waals surface area (Å²) in [6.45, 7) is 4.28. The molecule has 8 heteroatoms. The Morgan fingerprint density at radius 1 is 0.818 bits per heavy atom. The molecule has 2 aromatic rings. The van der Waals surface area contributed by atoms with Gasteiger partial charge in [0.1, 0.15) is 25.3 Å². The molecular weight excluding hydrogens is 424 g/mol. The highest BCUT2D eigenvalue weighted by atomic mass is 16.5. The van der Waals surface area contributed by atoms with Crippen LogP contribution in [0.4, 0.5) is 0 Å². The Labute approximate surface area is 194 Å². The minimum absolute atomic E-state index is 0.0778. The first-order valence-corrected chi connectivity index (χ1v) is 10.8. The van der Waals surface area contributed by atoms with E-state index in [4.69, 9.17) is 26.0 Å². The minimum atomic E-state index is -0.913. The summed E-state index contributed by atoms with van der Waals surface area (Å²) in [6.07, 6.45) is 0.824. The molecule has 0 aromatic heterocycles. The van der Waals surface area contributed by atoms with E-state index in [1.165, 1.54) is 0 Å². The lowest BCUT2D eigenvalue weighted by atomic mass is 10.1. The molecule has 0 radical (unpaired) electrons. The third-order valence-electron chi connectivity index (χ3n) is 4.47. The molecule has 0 aliphatic heterocycles. The number of carboxylic acid groups (broad SMARTS) is 1. The van der Waals surface area contributed by atoms with Gasteiger partial charge in [0.25, 0.3) is 0 Å². The van der Waals surface area contributed by atoms with Crippen LogP contribution in [-0.4, -0.2) is 35.1 Å². The normalized spacial score (nSPS) is 12.2. The van der Waals surface area contributed by atoms with Crippen molar-refractivity contribution < 1.29 is 29.0 Å². The van der Waals surface area contributed by atoms with Gasteiger partial charge in [-0.1, -0.05) is 74.5 Å². The Kier molecular flexibility index (Phi) is 13.1. The van der Waals surface area contributed by atoms with E-state index >= 15 is 0 Å². The number of nitrogens with two attached hydrogens (primary N) is 2. The second kappa shape index (κ2) is 15.6. The van der Waals surface area contributed by atoms with Crippen LogP contribution in [0.25, 0.3) is 0 Å². The summed E-state index contributed by atoms with van der Waals surface area (Å²) in [5.41, 5.74) is 12.8. The van der Waals surface area contributed by atoms with Gasteiger partial charge in [0, 0.05) is 6.42 Å². The molecule has 0 aliphatic carbocycles. The summed E-state index contributed by atoms with van der Waals surface area (Å²) in [5.74, 6) is -1.46. The van der Waals surface area contributed by atoms with E-state index in [0.717, 1.165) is 11.1 Å². The molecule has 2 rings (SSSR count). The predicted molar refractivity (Wildman–Crippen MR) is 125 cm³/mol. The molecule has 0 aliphatic rings. The summed E-state index contributed by atoms with van der Waals surface area (Å²) < 4.78 is 10.3. The molecule has 180 valence electrons. The van der Waals surface area contributed by atoms with Crippen LogP contribution in [0.1, 0.15) is 44.2 Å². The Balaban J connectivity index is 0.000000513. The highest BCUT2D eigenvalue weighted by Crippen LogP contribution is 2.06. The number of carbonyl (C=O) groups is 3. The van der Waals surface area contributed by atoms with Crippen molar-refractivity contribution in [3.63, 3.8) is 0 Å². The van der Waals surface area contributed by atoms with E-state index in [1.807, 2.05) is 74.5 Å². The number of carbonyl (C=O) groups excluding carboxylic acids is 2. The zero-order chi connectivity index (χ0) is 24.6. The van der Waals surface area contributed by atoms with E-state index in [9.17, 15) is 14.4 Å². The summed E-state index contributed by atoms with van der Waals surface area (Å²) in [5, 5.41) is 8.31. The molecule has 0 spiro atoms. The second-order valence-corrected chi connectivity index (χ2v) is 7.96. The maximum absolute atomic E-state index is 11.8. The number of esters is 2. The van der Waals surface area contributed by atoms with Crippen LogP contribution in [0.15, 0.2) is 60.7 Å². The average molecular weight is 459 g/mol. The van der Waals surface area contributed by atoms with Crippen LogP contribution in [0.3, 0.4) is 0 Å². The SMILES string of the molecule is CC(C)CC(N)C(=O)O.N[C@@H](CCC(=O)OCc1ccccc1)C(=O)OCc1ccccc1. The Hall–Kier alpha value is -3.23. The fraction of sp³-hybridized carbons (Fsp3) is 0.400. The fourth-order valence-electron chi connectivity index (χ4n) is 2.65. The highest BCUT2D eigenvalue weighted by Gasteiger charge is 2.17. The molecule has 0 saturated carbocycles. The topological polar surface area (TPSA) is 142 Å². The lowest BCUT2D eigenvalue weighted by Crippen LogP contribution is -2.32. The van der Waals surface area contributed by atoms with Crippen molar-refractivity contribution in [1.29, 1.82) is 0 Å². The van der Waals surface area contributed by atoms with Crippen LogP contribution < -0.4 is 11.5 Å². The quantitative estimate of drug-likeness (QED) is 0.436. The summed E-state index contributed by atoms with van der Waals surface area (Å²) in [4.78, 5) is 33.6.